The lowest BCUT2D eigenvalue weighted by Crippen LogP contribution is -2.66. The first kappa shape index (κ1) is 16.5. The molecule has 1 unspecified atom stereocenters. The first-order valence-electron chi connectivity index (χ1n) is 8.80. The van der Waals surface area contributed by atoms with Crippen molar-refractivity contribution in [3.05, 3.63) is 30.3 Å². The van der Waals surface area contributed by atoms with Gasteiger partial charge in [0.05, 0.1) is 24.5 Å². The van der Waals surface area contributed by atoms with Crippen LogP contribution in [0.25, 0.3) is 0 Å². The fraction of sp³-hybridized carbons (Fsp3) is 0.579. The molecule has 3 aliphatic rings. The van der Waals surface area contributed by atoms with Gasteiger partial charge in [-0.1, -0.05) is 18.2 Å². The average molecular weight is 344 g/mol. The molecule has 0 radical (unpaired) electrons. The van der Waals surface area contributed by atoms with E-state index in [4.69, 9.17) is 9.47 Å². The molecular weight excluding hydrogens is 320 g/mol. The lowest BCUT2D eigenvalue weighted by molar-refractivity contribution is -0.303. The maximum Gasteiger partial charge on any atom is 0.228 e. The minimum Gasteiger partial charge on any atom is -0.350 e. The topological polar surface area (TPSA) is 59.1 Å². The molecule has 0 saturated carbocycles. The molecule has 0 bridgehead atoms. The number of carbonyl (C=O) groups is 2. The highest BCUT2D eigenvalue weighted by molar-refractivity contribution is 6.00. The summed E-state index contributed by atoms with van der Waals surface area (Å²) in [6, 6.07) is 9.54. The van der Waals surface area contributed by atoms with Gasteiger partial charge in [-0.05, 0) is 26.0 Å². The lowest BCUT2D eigenvalue weighted by Gasteiger charge is -2.54. The number of nitrogens with zero attached hydrogens (tertiary/aromatic N) is 2. The number of hydrogen-bond donors (Lipinski definition) is 0. The number of para-hydroxylation sites is 1. The first-order chi connectivity index (χ1) is 11.9. The zero-order valence-electron chi connectivity index (χ0n) is 14.7. The molecule has 1 spiro atoms. The van der Waals surface area contributed by atoms with Gasteiger partial charge in [0, 0.05) is 31.7 Å². The van der Waals surface area contributed by atoms with E-state index in [0.29, 0.717) is 32.8 Å². The Kier molecular flexibility index (Phi) is 3.85. The third-order valence-electron chi connectivity index (χ3n) is 5.36. The summed E-state index contributed by atoms with van der Waals surface area (Å²) in [5, 5.41) is 0. The highest BCUT2D eigenvalue weighted by Crippen LogP contribution is 2.39. The minimum atomic E-state index is -0.538. The van der Waals surface area contributed by atoms with E-state index in [1.807, 2.05) is 49.1 Å². The number of likely N-dealkylation sites (tertiary alicyclic amines) is 1. The van der Waals surface area contributed by atoms with Crippen molar-refractivity contribution < 1.29 is 19.1 Å². The molecule has 25 heavy (non-hydrogen) atoms. The number of anilines is 1. The number of benzene rings is 1. The Balaban J connectivity index is 1.35. The Bertz CT molecular complexity index is 670. The van der Waals surface area contributed by atoms with Crippen molar-refractivity contribution >= 4 is 17.5 Å². The molecule has 2 amide bonds. The van der Waals surface area contributed by atoms with Crippen molar-refractivity contribution in [1.82, 2.24) is 4.90 Å². The van der Waals surface area contributed by atoms with E-state index < -0.39 is 5.79 Å². The van der Waals surface area contributed by atoms with Gasteiger partial charge in [-0.15, -0.1) is 0 Å². The summed E-state index contributed by atoms with van der Waals surface area (Å²) >= 11 is 0. The van der Waals surface area contributed by atoms with Crippen molar-refractivity contribution in [2.45, 2.75) is 26.1 Å². The molecular formula is C19H24N2O4. The number of carbonyl (C=O) groups excluding carboxylic acids is 2. The molecule has 6 heteroatoms. The second-order valence-electron chi connectivity index (χ2n) is 7.91. The summed E-state index contributed by atoms with van der Waals surface area (Å²) < 4.78 is 11.5. The third kappa shape index (κ3) is 3.04. The summed E-state index contributed by atoms with van der Waals surface area (Å²) in [6.07, 6.45) is 0.289. The Morgan fingerprint density at radius 1 is 1.12 bits per heavy atom. The molecule has 0 N–H and O–H groups in total. The molecule has 4 rings (SSSR count). The van der Waals surface area contributed by atoms with Gasteiger partial charge in [0.1, 0.15) is 0 Å². The van der Waals surface area contributed by atoms with E-state index in [2.05, 4.69) is 0 Å². The van der Waals surface area contributed by atoms with Crippen molar-refractivity contribution in [3.63, 3.8) is 0 Å². The second kappa shape index (κ2) is 5.81. The maximum atomic E-state index is 12.8. The molecule has 0 aliphatic carbocycles. The Morgan fingerprint density at radius 3 is 2.40 bits per heavy atom. The molecule has 6 nitrogen and oxygen atoms in total. The van der Waals surface area contributed by atoms with Gasteiger partial charge >= 0.3 is 0 Å². The molecule has 3 heterocycles. The van der Waals surface area contributed by atoms with Gasteiger partial charge < -0.3 is 19.3 Å². The van der Waals surface area contributed by atoms with E-state index in [0.717, 1.165) is 5.69 Å². The van der Waals surface area contributed by atoms with Crippen LogP contribution in [-0.2, 0) is 19.1 Å². The highest BCUT2D eigenvalue weighted by atomic mass is 16.7. The molecule has 1 aromatic carbocycles. The van der Waals surface area contributed by atoms with E-state index in [-0.39, 0.29) is 29.6 Å². The van der Waals surface area contributed by atoms with Gasteiger partial charge in [-0.25, -0.2) is 0 Å². The lowest BCUT2D eigenvalue weighted by atomic mass is 9.79. The van der Waals surface area contributed by atoms with Crippen LogP contribution in [0.2, 0.25) is 0 Å². The predicted octanol–water partition coefficient (Wildman–Crippen LogP) is 1.65. The van der Waals surface area contributed by atoms with Crippen LogP contribution in [0.15, 0.2) is 30.3 Å². The summed E-state index contributed by atoms with van der Waals surface area (Å²) in [7, 11) is 0. The normalized spacial score (nSPS) is 27.4. The first-order valence-corrected chi connectivity index (χ1v) is 8.80. The number of hydrogen-bond acceptors (Lipinski definition) is 4. The Hall–Kier alpha value is -1.92. The molecule has 1 aromatic rings. The van der Waals surface area contributed by atoms with Gasteiger partial charge in [0.15, 0.2) is 5.79 Å². The average Bonchev–Trinajstić information content (AvgIpc) is 2.95. The van der Waals surface area contributed by atoms with Crippen LogP contribution in [0, 0.1) is 11.3 Å². The summed E-state index contributed by atoms with van der Waals surface area (Å²) in [6.45, 7) is 6.81. The van der Waals surface area contributed by atoms with Crippen LogP contribution < -0.4 is 4.90 Å². The van der Waals surface area contributed by atoms with Crippen LogP contribution in [0.5, 0.6) is 0 Å². The largest absolute Gasteiger partial charge is 0.350 e. The van der Waals surface area contributed by atoms with Gasteiger partial charge in [0.2, 0.25) is 11.8 Å². The van der Waals surface area contributed by atoms with E-state index in [1.54, 1.807) is 4.90 Å². The van der Waals surface area contributed by atoms with E-state index in [9.17, 15) is 9.59 Å². The highest BCUT2D eigenvalue weighted by Gasteiger charge is 2.51. The fourth-order valence-electron chi connectivity index (χ4n) is 3.83. The summed E-state index contributed by atoms with van der Waals surface area (Å²) in [5.41, 5.74) is 0.784. The third-order valence-corrected chi connectivity index (χ3v) is 5.36. The number of rotatable bonds is 2. The Labute approximate surface area is 147 Å². The van der Waals surface area contributed by atoms with Crippen molar-refractivity contribution in [2.24, 2.45) is 11.3 Å². The van der Waals surface area contributed by atoms with Crippen molar-refractivity contribution in [2.75, 3.05) is 37.7 Å². The zero-order valence-corrected chi connectivity index (χ0v) is 14.7. The molecule has 3 aliphatic heterocycles. The SMILES string of the molecule is CC1(C)OCC2(CO1)CN(C(=O)C1CC(=O)N(c3ccccc3)C1)C2. The molecule has 3 fully saturated rings. The summed E-state index contributed by atoms with van der Waals surface area (Å²) in [4.78, 5) is 28.6. The van der Waals surface area contributed by atoms with Gasteiger partial charge in [-0.2, -0.15) is 0 Å². The zero-order chi connectivity index (χ0) is 17.7. The predicted molar refractivity (Wildman–Crippen MR) is 91.9 cm³/mol. The van der Waals surface area contributed by atoms with E-state index in [1.165, 1.54) is 0 Å². The van der Waals surface area contributed by atoms with Crippen molar-refractivity contribution in [3.8, 4) is 0 Å². The van der Waals surface area contributed by atoms with Gasteiger partial charge in [0.25, 0.3) is 0 Å². The number of amides is 2. The molecule has 3 saturated heterocycles. The van der Waals surface area contributed by atoms with Crippen LogP contribution in [0.1, 0.15) is 20.3 Å². The second-order valence-corrected chi connectivity index (χ2v) is 7.91. The smallest absolute Gasteiger partial charge is 0.228 e. The van der Waals surface area contributed by atoms with Crippen LogP contribution in [0.3, 0.4) is 0 Å². The summed E-state index contributed by atoms with van der Waals surface area (Å²) in [5.74, 6) is -0.705. The van der Waals surface area contributed by atoms with Crippen LogP contribution in [0.4, 0.5) is 5.69 Å². The van der Waals surface area contributed by atoms with Gasteiger partial charge in [-0.3, -0.25) is 9.59 Å². The molecule has 1 atom stereocenters. The quantitative estimate of drug-likeness (QED) is 0.819. The van der Waals surface area contributed by atoms with E-state index >= 15 is 0 Å². The molecule has 0 aromatic heterocycles. The molecule has 134 valence electrons. The maximum absolute atomic E-state index is 12.8. The Morgan fingerprint density at radius 2 is 1.76 bits per heavy atom. The fourth-order valence-corrected chi connectivity index (χ4v) is 3.83. The van der Waals surface area contributed by atoms with Crippen LogP contribution in [-0.4, -0.2) is 55.3 Å². The monoisotopic (exact) mass is 344 g/mol. The number of ether oxygens (including phenoxy) is 2. The minimum absolute atomic E-state index is 0.0193. The standard InChI is InChI=1S/C19H24N2O4/c1-18(2)24-12-19(13-25-18)10-20(11-19)17(23)14-8-16(22)21(9-14)15-6-4-3-5-7-15/h3-7,14H,8-13H2,1-2H3. The van der Waals surface area contributed by atoms with Crippen molar-refractivity contribution in [1.29, 1.82) is 0 Å². The van der Waals surface area contributed by atoms with Crippen LogP contribution >= 0.6 is 0 Å².